The van der Waals surface area contributed by atoms with E-state index in [9.17, 15) is 0 Å². The molecule has 4 heteroatoms. The Morgan fingerprint density at radius 3 is 2.33 bits per heavy atom. The zero-order valence-corrected chi connectivity index (χ0v) is 9.48. The summed E-state index contributed by atoms with van der Waals surface area (Å²) in [5.41, 5.74) is 0. The molecule has 0 aromatic carbocycles. The van der Waals surface area contributed by atoms with Crippen LogP contribution in [0, 0.1) is 5.92 Å². The minimum Gasteiger partial charge on any atom is -0.378 e. The van der Waals surface area contributed by atoms with E-state index in [1.165, 1.54) is 0 Å². The van der Waals surface area contributed by atoms with Crippen LogP contribution in [0.1, 0.15) is 13.8 Å². The molecule has 2 aliphatic heterocycles. The maximum absolute atomic E-state index is 5.66. The van der Waals surface area contributed by atoms with Gasteiger partial charge in [-0.1, -0.05) is 6.92 Å². The molecule has 2 rings (SSSR count). The van der Waals surface area contributed by atoms with Crippen molar-refractivity contribution in [2.24, 2.45) is 5.92 Å². The Morgan fingerprint density at radius 2 is 1.73 bits per heavy atom. The summed E-state index contributed by atoms with van der Waals surface area (Å²) in [6, 6.07) is 0. The molecule has 4 nitrogen and oxygen atoms in total. The molecule has 0 saturated carbocycles. The number of ether oxygens (including phenoxy) is 4. The van der Waals surface area contributed by atoms with E-state index in [1.807, 2.05) is 0 Å². The van der Waals surface area contributed by atoms with Gasteiger partial charge in [-0.15, -0.1) is 0 Å². The standard InChI is InChI=1S/C11H20O4/c1-8(3-12-4-10-6-14-10)9(2)13-5-11-7-15-11/h8-11H,3-7H2,1-2H3. The van der Waals surface area contributed by atoms with Crippen LogP contribution in [-0.4, -0.2) is 51.3 Å². The monoisotopic (exact) mass is 216 g/mol. The fraction of sp³-hybridized carbons (Fsp3) is 1.00. The van der Waals surface area contributed by atoms with Gasteiger partial charge in [-0.05, 0) is 6.92 Å². The van der Waals surface area contributed by atoms with Crippen molar-refractivity contribution in [3.63, 3.8) is 0 Å². The van der Waals surface area contributed by atoms with E-state index < -0.39 is 0 Å². The summed E-state index contributed by atoms with van der Waals surface area (Å²) in [6.07, 6.45) is 0.933. The molecule has 0 spiro atoms. The maximum atomic E-state index is 5.66. The molecule has 0 bridgehead atoms. The van der Waals surface area contributed by atoms with Gasteiger partial charge in [0.15, 0.2) is 0 Å². The van der Waals surface area contributed by atoms with E-state index in [-0.39, 0.29) is 6.10 Å². The number of epoxide rings is 2. The lowest BCUT2D eigenvalue weighted by Gasteiger charge is -2.19. The number of hydrogen-bond acceptors (Lipinski definition) is 4. The second-order valence-corrected chi connectivity index (χ2v) is 4.46. The van der Waals surface area contributed by atoms with Crippen molar-refractivity contribution >= 4 is 0 Å². The lowest BCUT2D eigenvalue weighted by molar-refractivity contribution is -0.0137. The molecule has 2 saturated heterocycles. The van der Waals surface area contributed by atoms with Crippen molar-refractivity contribution in [1.82, 2.24) is 0 Å². The first-order valence-electron chi connectivity index (χ1n) is 5.68. The van der Waals surface area contributed by atoms with Gasteiger partial charge in [-0.2, -0.15) is 0 Å². The highest BCUT2D eigenvalue weighted by Crippen LogP contribution is 2.15. The van der Waals surface area contributed by atoms with Gasteiger partial charge in [0.1, 0.15) is 12.2 Å². The quantitative estimate of drug-likeness (QED) is 0.564. The van der Waals surface area contributed by atoms with Gasteiger partial charge in [-0.25, -0.2) is 0 Å². The normalized spacial score (nSPS) is 32.4. The molecule has 0 aromatic heterocycles. The molecular weight excluding hydrogens is 196 g/mol. The summed E-state index contributed by atoms with van der Waals surface area (Å²) in [6.45, 7) is 8.14. The van der Waals surface area contributed by atoms with E-state index in [0.29, 0.717) is 18.1 Å². The predicted molar refractivity (Wildman–Crippen MR) is 54.9 cm³/mol. The predicted octanol–water partition coefficient (Wildman–Crippen LogP) is 0.842. The van der Waals surface area contributed by atoms with Gasteiger partial charge >= 0.3 is 0 Å². The van der Waals surface area contributed by atoms with E-state index in [2.05, 4.69) is 13.8 Å². The Bertz CT molecular complexity index is 189. The van der Waals surface area contributed by atoms with Crippen molar-refractivity contribution in [1.29, 1.82) is 0 Å². The van der Waals surface area contributed by atoms with E-state index in [0.717, 1.165) is 33.0 Å². The minimum absolute atomic E-state index is 0.231. The Labute approximate surface area is 90.8 Å². The Kier molecular flexibility index (Phi) is 3.97. The highest BCUT2D eigenvalue weighted by atomic mass is 16.6. The molecule has 2 aliphatic rings. The zero-order chi connectivity index (χ0) is 10.7. The van der Waals surface area contributed by atoms with Gasteiger partial charge < -0.3 is 18.9 Å². The van der Waals surface area contributed by atoms with Gasteiger partial charge in [0, 0.05) is 5.92 Å². The molecule has 4 atom stereocenters. The van der Waals surface area contributed by atoms with Crippen LogP contribution in [-0.2, 0) is 18.9 Å². The van der Waals surface area contributed by atoms with E-state index in [1.54, 1.807) is 0 Å². The minimum atomic E-state index is 0.231. The molecule has 0 N–H and O–H groups in total. The van der Waals surface area contributed by atoms with Crippen LogP contribution in [0.5, 0.6) is 0 Å². The Hall–Kier alpha value is -0.160. The molecule has 4 unspecified atom stereocenters. The van der Waals surface area contributed by atoms with Gasteiger partial charge in [-0.3, -0.25) is 0 Å². The molecular formula is C11H20O4. The van der Waals surface area contributed by atoms with E-state index in [4.69, 9.17) is 18.9 Å². The fourth-order valence-electron chi connectivity index (χ4n) is 1.27. The zero-order valence-electron chi connectivity index (χ0n) is 9.48. The first-order chi connectivity index (χ1) is 7.25. The topological polar surface area (TPSA) is 43.5 Å². The third kappa shape index (κ3) is 4.47. The first kappa shape index (κ1) is 11.3. The second-order valence-electron chi connectivity index (χ2n) is 4.46. The largest absolute Gasteiger partial charge is 0.378 e. The lowest BCUT2D eigenvalue weighted by atomic mass is 10.1. The number of rotatable bonds is 8. The van der Waals surface area contributed by atoms with Crippen LogP contribution in [0.3, 0.4) is 0 Å². The maximum Gasteiger partial charge on any atom is 0.104 e. The summed E-state index contributed by atoms with van der Waals surface area (Å²) in [5.74, 6) is 0.419. The van der Waals surface area contributed by atoms with Crippen molar-refractivity contribution in [2.75, 3.05) is 33.0 Å². The molecule has 2 heterocycles. The SMILES string of the molecule is CC(COCC1CO1)C(C)OCC1CO1. The summed E-state index contributed by atoms with van der Waals surface area (Å²) < 4.78 is 21.3. The molecule has 0 radical (unpaired) electrons. The second kappa shape index (κ2) is 5.25. The van der Waals surface area contributed by atoms with Crippen molar-refractivity contribution in [2.45, 2.75) is 32.2 Å². The fourth-order valence-corrected chi connectivity index (χ4v) is 1.27. The molecule has 0 amide bonds. The molecule has 2 fully saturated rings. The first-order valence-corrected chi connectivity index (χ1v) is 5.68. The van der Waals surface area contributed by atoms with Crippen molar-refractivity contribution in [3.05, 3.63) is 0 Å². The summed E-state index contributed by atoms with van der Waals surface area (Å²) in [5, 5.41) is 0. The Balaban J connectivity index is 1.49. The van der Waals surface area contributed by atoms with Crippen molar-refractivity contribution in [3.8, 4) is 0 Å². The smallest absolute Gasteiger partial charge is 0.104 e. The third-order valence-corrected chi connectivity index (χ3v) is 2.84. The highest BCUT2D eigenvalue weighted by molar-refractivity contribution is 4.71. The average molecular weight is 216 g/mol. The lowest BCUT2D eigenvalue weighted by Crippen LogP contribution is -2.25. The summed E-state index contributed by atoms with van der Waals surface area (Å²) in [4.78, 5) is 0. The van der Waals surface area contributed by atoms with E-state index >= 15 is 0 Å². The Morgan fingerprint density at radius 1 is 1.13 bits per heavy atom. The molecule has 0 aliphatic carbocycles. The van der Waals surface area contributed by atoms with Gasteiger partial charge in [0.05, 0.1) is 39.1 Å². The molecule has 15 heavy (non-hydrogen) atoms. The van der Waals surface area contributed by atoms with Gasteiger partial charge in [0.25, 0.3) is 0 Å². The van der Waals surface area contributed by atoms with Crippen LogP contribution in [0.15, 0.2) is 0 Å². The van der Waals surface area contributed by atoms with Crippen molar-refractivity contribution < 1.29 is 18.9 Å². The van der Waals surface area contributed by atoms with Crippen LogP contribution in [0.25, 0.3) is 0 Å². The van der Waals surface area contributed by atoms with Crippen LogP contribution < -0.4 is 0 Å². The number of hydrogen-bond donors (Lipinski definition) is 0. The third-order valence-electron chi connectivity index (χ3n) is 2.84. The van der Waals surface area contributed by atoms with Crippen LogP contribution in [0.4, 0.5) is 0 Å². The van der Waals surface area contributed by atoms with Crippen LogP contribution >= 0.6 is 0 Å². The average Bonchev–Trinajstić information content (AvgIpc) is 3.07. The molecule has 88 valence electrons. The summed E-state index contributed by atoms with van der Waals surface area (Å²) in [7, 11) is 0. The molecule has 0 aromatic rings. The van der Waals surface area contributed by atoms with Gasteiger partial charge in [0.2, 0.25) is 0 Å². The van der Waals surface area contributed by atoms with Crippen LogP contribution in [0.2, 0.25) is 0 Å². The summed E-state index contributed by atoms with van der Waals surface area (Å²) >= 11 is 0. The highest BCUT2D eigenvalue weighted by Gasteiger charge is 2.25.